The molecule has 26 heavy (non-hydrogen) atoms. The Balaban J connectivity index is 1.41. The van der Waals surface area contributed by atoms with Gasteiger partial charge in [0.1, 0.15) is 10.8 Å². The van der Waals surface area contributed by atoms with Crippen LogP contribution in [0.3, 0.4) is 0 Å². The van der Waals surface area contributed by atoms with Crippen molar-refractivity contribution in [3.05, 3.63) is 40.6 Å². The zero-order valence-electron chi connectivity index (χ0n) is 14.9. The number of nitrogens with zero attached hydrogens (tertiary/aromatic N) is 3. The summed E-state index contributed by atoms with van der Waals surface area (Å²) in [7, 11) is 0. The van der Waals surface area contributed by atoms with Crippen LogP contribution in [0.15, 0.2) is 40.5 Å². The van der Waals surface area contributed by atoms with E-state index in [1.165, 1.54) is 43.9 Å². The number of hydrogen-bond donors (Lipinski definition) is 0. The van der Waals surface area contributed by atoms with E-state index in [1.807, 2.05) is 24.5 Å². The highest BCUT2D eigenvalue weighted by Gasteiger charge is 2.42. The van der Waals surface area contributed by atoms with Crippen LogP contribution in [0, 0.1) is 11.3 Å². The number of benzene rings is 1. The number of piperidine rings is 1. The van der Waals surface area contributed by atoms with Gasteiger partial charge >= 0.3 is 0 Å². The Morgan fingerprint density at radius 3 is 2.58 bits per heavy atom. The van der Waals surface area contributed by atoms with Gasteiger partial charge in [0.2, 0.25) is 0 Å². The van der Waals surface area contributed by atoms with Crippen molar-refractivity contribution in [1.29, 1.82) is 0 Å². The van der Waals surface area contributed by atoms with E-state index in [9.17, 15) is 0 Å². The van der Waals surface area contributed by atoms with Crippen LogP contribution in [-0.4, -0.2) is 23.1 Å². The van der Waals surface area contributed by atoms with Crippen LogP contribution >= 0.6 is 35.0 Å². The van der Waals surface area contributed by atoms with Crippen LogP contribution in [0.1, 0.15) is 39.0 Å². The van der Waals surface area contributed by atoms with Crippen molar-refractivity contribution in [2.75, 3.05) is 18.0 Å². The highest BCUT2D eigenvalue weighted by molar-refractivity contribution is 7.99. The molecule has 0 radical (unpaired) electrons. The van der Waals surface area contributed by atoms with Crippen molar-refractivity contribution >= 4 is 40.8 Å². The van der Waals surface area contributed by atoms with E-state index in [1.54, 1.807) is 6.07 Å². The molecule has 2 heterocycles. The first-order valence-corrected chi connectivity index (χ1v) is 10.8. The average molecular weight is 408 g/mol. The van der Waals surface area contributed by atoms with E-state index < -0.39 is 0 Å². The van der Waals surface area contributed by atoms with Crippen LogP contribution in [0.5, 0.6) is 0 Å². The molecule has 3 nitrogen and oxygen atoms in total. The molecule has 2 aliphatic rings. The second-order valence-corrected chi connectivity index (χ2v) is 9.36. The first kappa shape index (κ1) is 18.4. The fourth-order valence-corrected chi connectivity index (χ4v) is 5.69. The van der Waals surface area contributed by atoms with Crippen molar-refractivity contribution in [3.8, 4) is 0 Å². The summed E-state index contributed by atoms with van der Waals surface area (Å²) in [6, 6.07) is 5.63. The molecule has 0 unspecified atom stereocenters. The average Bonchev–Trinajstić information content (AvgIpc) is 3.00. The Labute approximate surface area is 169 Å². The van der Waals surface area contributed by atoms with Crippen molar-refractivity contribution in [2.24, 2.45) is 11.3 Å². The van der Waals surface area contributed by atoms with Crippen molar-refractivity contribution < 1.29 is 0 Å². The second kappa shape index (κ2) is 7.57. The molecule has 2 fully saturated rings. The molecule has 1 aromatic heterocycles. The summed E-state index contributed by atoms with van der Waals surface area (Å²) < 4.78 is 0. The SMILES string of the molecule is C[C@@H]1CCCC12CCN(c1cnc(Sc3cccc(Cl)c3Cl)cn1)CC2. The molecule has 138 valence electrons. The number of aromatic nitrogens is 2. The Morgan fingerprint density at radius 1 is 1.12 bits per heavy atom. The summed E-state index contributed by atoms with van der Waals surface area (Å²) >= 11 is 13.8. The molecule has 1 atom stereocenters. The van der Waals surface area contributed by atoms with Gasteiger partial charge < -0.3 is 4.90 Å². The third kappa shape index (κ3) is 3.56. The van der Waals surface area contributed by atoms with Gasteiger partial charge in [-0.05, 0) is 42.7 Å². The number of rotatable bonds is 3. The van der Waals surface area contributed by atoms with Crippen molar-refractivity contribution in [3.63, 3.8) is 0 Å². The molecule has 1 aromatic carbocycles. The third-order valence-corrected chi connectivity index (χ3v) is 8.10. The van der Waals surface area contributed by atoms with Crippen LogP contribution in [0.4, 0.5) is 5.82 Å². The lowest BCUT2D eigenvalue weighted by atomic mass is 9.71. The van der Waals surface area contributed by atoms with E-state index in [2.05, 4.69) is 21.8 Å². The van der Waals surface area contributed by atoms with E-state index >= 15 is 0 Å². The van der Waals surface area contributed by atoms with E-state index in [4.69, 9.17) is 23.2 Å². The Morgan fingerprint density at radius 2 is 1.92 bits per heavy atom. The predicted molar refractivity (Wildman–Crippen MR) is 110 cm³/mol. The van der Waals surface area contributed by atoms with Gasteiger partial charge in [-0.2, -0.15) is 0 Å². The molecule has 2 aromatic rings. The smallest absolute Gasteiger partial charge is 0.147 e. The van der Waals surface area contributed by atoms with Crippen LogP contribution in [-0.2, 0) is 0 Å². The molecule has 1 saturated heterocycles. The molecule has 0 amide bonds. The minimum atomic E-state index is 0.560. The molecule has 1 spiro atoms. The minimum Gasteiger partial charge on any atom is -0.355 e. The topological polar surface area (TPSA) is 29.0 Å². The lowest BCUT2D eigenvalue weighted by Gasteiger charge is -2.42. The summed E-state index contributed by atoms with van der Waals surface area (Å²) in [5.74, 6) is 1.85. The molecule has 1 saturated carbocycles. The van der Waals surface area contributed by atoms with Crippen LogP contribution in [0.2, 0.25) is 10.0 Å². The maximum absolute atomic E-state index is 6.26. The third-order valence-electron chi connectivity index (χ3n) is 6.19. The van der Waals surface area contributed by atoms with Gasteiger partial charge in [0.15, 0.2) is 0 Å². The standard InChI is InChI=1S/C20H23Cl2N3S/c1-14-4-3-7-20(14)8-10-25(11-9-20)17-12-24-18(13-23-17)26-16-6-2-5-15(21)19(16)22/h2,5-6,12-14H,3-4,7-11H2,1H3/t14-/m1/s1. The van der Waals surface area contributed by atoms with Gasteiger partial charge in [-0.3, -0.25) is 0 Å². The van der Waals surface area contributed by atoms with Crippen molar-refractivity contribution in [1.82, 2.24) is 9.97 Å². The Kier molecular flexibility index (Phi) is 5.36. The zero-order valence-corrected chi connectivity index (χ0v) is 17.2. The normalized spacial score (nSPS) is 22.1. The zero-order chi connectivity index (χ0) is 18.1. The highest BCUT2D eigenvalue weighted by Crippen LogP contribution is 2.50. The monoisotopic (exact) mass is 407 g/mol. The van der Waals surface area contributed by atoms with Crippen LogP contribution in [0.25, 0.3) is 0 Å². The molecular weight excluding hydrogens is 385 g/mol. The Hall–Kier alpha value is -0.970. The van der Waals surface area contributed by atoms with E-state index in [0.29, 0.717) is 15.5 Å². The second-order valence-electron chi connectivity index (χ2n) is 7.51. The molecule has 4 rings (SSSR count). The maximum Gasteiger partial charge on any atom is 0.147 e. The summed E-state index contributed by atoms with van der Waals surface area (Å²) in [6.07, 6.45) is 10.5. The Bertz CT molecular complexity index is 773. The molecule has 0 bridgehead atoms. The summed E-state index contributed by atoms with van der Waals surface area (Å²) in [5, 5.41) is 1.96. The lowest BCUT2D eigenvalue weighted by Crippen LogP contribution is -2.41. The number of halogens is 2. The van der Waals surface area contributed by atoms with Gasteiger partial charge in [0, 0.05) is 18.0 Å². The summed E-state index contributed by atoms with van der Waals surface area (Å²) in [5.41, 5.74) is 0.586. The fourth-order valence-electron chi connectivity index (χ4n) is 4.44. The quantitative estimate of drug-likeness (QED) is 0.593. The van der Waals surface area contributed by atoms with Gasteiger partial charge in [0.05, 0.1) is 22.4 Å². The van der Waals surface area contributed by atoms with Gasteiger partial charge in [0.25, 0.3) is 0 Å². The largest absolute Gasteiger partial charge is 0.355 e. The molecular formula is C20H23Cl2N3S. The van der Waals surface area contributed by atoms with E-state index in [0.717, 1.165) is 34.7 Å². The first-order chi connectivity index (χ1) is 12.6. The maximum atomic E-state index is 6.26. The van der Waals surface area contributed by atoms with Gasteiger partial charge in [-0.25, -0.2) is 9.97 Å². The highest BCUT2D eigenvalue weighted by atomic mass is 35.5. The predicted octanol–water partition coefficient (Wildman–Crippen LogP) is 6.34. The van der Waals surface area contributed by atoms with Crippen LogP contribution < -0.4 is 4.90 Å². The molecule has 0 N–H and O–H groups in total. The first-order valence-electron chi connectivity index (χ1n) is 9.26. The summed E-state index contributed by atoms with van der Waals surface area (Å²) in [6.45, 7) is 4.62. The minimum absolute atomic E-state index is 0.560. The van der Waals surface area contributed by atoms with E-state index in [-0.39, 0.29) is 0 Å². The number of anilines is 1. The number of hydrogen-bond acceptors (Lipinski definition) is 4. The van der Waals surface area contributed by atoms with Gasteiger partial charge in [-0.1, -0.05) is 60.8 Å². The molecule has 6 heteroatoms. The fraction of sp³-hybridized carbons (Fsp3) is 0.500. The molecule has 1 aliphatic carbocycles. The molecule has 1 aliphatic heterocycles. The van der Waals surface area contributed by atoms with Crippen molar-refractivity contribution in [2.45, 2.75) is 48.9 Å². The lowest BCUT2D eigenvalue weighted by molar-refractivity contribution is 0.161. The van der Waals surface area contributed by atoms with Gasteiger partial charge in [-0.15, -0.1) is 0 Å². The summed E-state index contributed by atoms with van der Waals surface area (Å²) in [4.78, 5) is 12.5.